The van der Waals surface area contributed by atoms with Crippen molar-refractivity contribution in [3.63, 3.8) is 0 Å². The van der Waals surface area contributed by atoms with Crippen molar-refractivity contribution < 1.29 is 14.3 Å². The lowest BCUT2D eigenvalue weighted by Crippen LogP contribution is -2.43. The van der Waals surface area contributed by atoms with Crippen LogP contribution in [0, 0.1) is 5.41 Å². The molecule has 0 spiro atoms. The molecule has 0 N–H and O–H groups in total. The van der Waals surface area contributed by atoms with E-state index in [2.05, 4.69) is 45.0 Å². The van der Waals surface area contributed by atoms with E-state index in [1.54, 1.807) is 0 Å². The Labute approximate surface area is 223 Å². The molecular weight excluding hydrogens is 490 g/mol. The van der Waals surface area contributed by atoms with Gasteiger partial charge in [-0.05, 0) is 66.3 Å². The van der Waals surface area contributed by atoms with Gasteiger partial charge in [0.05, 0.1) is 16.9 Å². The van der Waals surface area contributed by atoms with Crippen LogP contribution < -0.4 is 4.90 Å². The van der Waals surface area contributed by atoms with Gasteiger partial charge in [0.2, 0.25) is 5.91 Å². The molecule has 0 aromatic heterocycles. The Kier molecular flexibility index (Phi) is 7.45. The molecule has 0 bridgehead atoms. The Balaban J connectivity index is 1.89. The van der Waals surface area contributed by atoms with Crippen molar-refractivity contribution in [2.45, 2.75) is 64.1 Å². The smallest absolute Gasteiger partial charge is 0.307 e. The lowest BCUT2D eigenvalue weighted by molar-refractivity contribution is -0.155. The van der Waals surface area contributed by atoms with Crippen LogP contribution in [0.1, 0.15) is 64.3 Å². The van der Waals surface area contributed by atoms with Crippen molar-refractivity contribution >= 4 is 51.7 Å². The number of hydrogen-bond acceptors (Lipinski definition) is 4. The van der Waals surface area contributed by atoms with E-state index in [4.69, 9.17) is 16.3 Å². The number of thioether (sulfide) groups is 1. The number of fused-ring (bicyclic) bond motifs is 2. The van der Waals surface area contributed by atoms with Crippen LogP contribution in [-0.4, -0.2) is 29.3 Å². The molecule has 1 amide bonds. The van der Waals surface area contributed by atoms with Crippen LogP contribution in [0.5, 0.6) is 0 Å². The molecule has 4 nitrogen and oxygen atoms in total. The van der Waals surface area contributed by atoms with Gasteiger partial charge in [-0.2, -0.15) is 0 Å². The maximum absolute atomic E-state index is 14.1. The van der Waals surface area contributed by atoms with Gasteiger partial charge in [0.1, 0.15) is 5.60 Å². The monoisotopic (exact) mass is 523 g/mol. The Hall–Kier alpha value is -2.50. The molecule has 0 aliphatic carbocycles. The fraction of sp³-hybridized carbons (Fsp3) is 0.400. The molecule has 4 rings (SSSR count). The minimum absolute atomic E-state index is 0.00436. The lowest BCUT2D eigenvalue weighted by atomic mass is 9.93. The zero-order valence-corrected chi connectivity index (χ0v) is 23.4. The second kappa shape index (κ2) is 10.1. The molecule has 0 saturated heterocycles. The van der Waals surface area contributed by atoms with Crippen LogP contribution in [0.25, 0.3) is 10.8 Å². The summed E-state index contributed by atoms with van der Waals surface area (Å²) in [6.07, 6.45) is 0.00436. The normalized spacial score (nSPS) is 18.6. The van der Waals surface area contributed by atoms with Gasteiger partial charge in [0, 0.05) is 17.3 Å². The Morgan fingerprint density at radius 2 is 1.67 bits per heavy atom. The number of carbonyl (C=O) groups excluding carboxylic acids is 2. The predicted molar refractivity (Wildman–Crippen MR) is 151 cm³/mol. The first-order valence-electron chi connectivity index (χ1n) is 12.3. The van der Waals surface area contributed by atoms with Crippen molar-refractivity contribution in [2.24, 2.45) is 5.41 Å². The number of rotatable bonds is 4. The molecule has 1 heterocycles. The third-order valence-electron chi connectivity index (χ3n) is 5.92. The zero-order valence-electron chi connectivity index (χ0n) is 21.8. The van der Waals surface area contributed by atoms with Crippen LogP contribution in [0.2, 0.25) is 5.02 Å². The third kappa shape index (κ3) is 6.07. The average Bonchev–Trinajstić information content (AvgIpc) is 2.87. The van der Waals surface area contributed by atoms with Crippen molar-refractivity contribution in [1.82, 2.24) is 0 Å². The number of nitrogens with zero attached hydrogens (tertiary/aromatic N) is 1. The van der Waals surface area contributed by atoms with Gasteiger partial charge >= 0.3 is 5.97 Å². The molecule has 190 valence electrons. The van der Waals surface area contributed by atoms with Crippen LogP contribution >= 0.6 is 23.4 Å². The summed E-state index contributed by atoms with van der Waals surface area (Å²) in [6, 6.07) is 20.2. The number of amides is 1. The van der Waals surface area contributed by atoms with Crippen molar-refractivity contribution in [3.8, 4) is 0 Å². The third-order valence-corrected chi connectivity index (χ3v) is 7.63. The molecule has 0 radical (unpaired) electrons. The largest absolute Gasteiger partial charge is 0.460 e. The molecule has 36 heavy (non-hydrogen) atoms. The van der Waals surface area contributed by atoms with E-state index in [1.165, 1.54) is 11.8 Å². The first-order chi connectivity index (χ1) is 16.8. The summed E-state index contributed by atoms with van der Waals surface area (Å²) in [5, 5.41) is 2.08. The van der Waals surface area contributed by atoms with Gasteiger partial charge in [0.25, 0.3) is 0 Å². The summed E-state index contributed by atoms with van der Waals surface area (Å²) >= 11 is 8.04. The van der Waals surface area contributed by atoms with E-state index in [9.17, 15) is 9.59 Å². The number of benzene rings is 3. The van der Waals surface area contributed by atoms with Crippen LogP contribution in [0.4, 0.5) is 5.69 Å². The van der Waals surface area contributed by atoms with Gasteiger partial charge in [0.15, 0.2) is 0 Å². The summed E-state index contributed by atoms with van der Waals surface area (Å²) in [7, 11) is 0. The minimum atomic E-state index is -0.619. The maximum Gasteiger partial charge on any atom is 0.307 e. The van der Waals surface area contributed by atoms with E-state index >= 15 is 0 Å². The van der Waals surface area contributed by atoms with Gasteiger partial charge in [-0.3, -0.25) is 9.59 Å². The highest BCUT2D eigenvalue weighted by Crippen LogP contribution is 2.49. The quantitative estimate of drug-likeness (QED) is 0.327. The molecular formula is C30H34ClNO3S. The molecule has 1 aliphatic heterocycles. The molecule has 0 unspecified atom stereocenters. The molecule has 0 saturated carbocycles. The molecule has 3 aromatic rings. The fourth-order valence-corrected chi connectivity index (χ4v) is 6.27. The van der Waals surface area contributed by atoms with E-state index < -0.39 is 10.9 Å². The molecule has 3 aromatic carbocycles. The number of esters is 1. The summed E-state index contributed by atoms with van der Waals surface area (Å²) in [4.78, 5) is 28.9. The van der Waals surface area contributed by atoms with E-state index in [-0.39, 0.29) is 29.0 Å². The number of halogens is 1. The Morgan fingerprint density at radius 1 is 0.972 bits per heavy atom. The number of anilines is 1. The summed E-state index contributed by atoms with van der Waals surface area (Å²) in [6.45, 7) is 12.4. The van der Waals surface area contributed by atoms with E-state index in [0.717, 1.165) is 27.6 Å². The molecule has 2 atom stereocenters. The topological polar surface area (TPSA) is 46.6 Å². The van der Waals surface area contributed by atoms with Crippen molar-refractivity contribution in [1.29, 1.82) is 0 Å². The van der Waals surface area contributed by atoms with Crippen molar-refractivity contribution in [3.05, 3.63) is 76.8 Å². The summed E-state index contributed by atoms with van der Waals surface area (Å²) in [5.74, 6) is -0.447. The van der Waals surface area contributed by atoms with E-state index in [0.29, 0.717) is 11.6 Å². The summed E-state index contributed by atoms with van der Waals surface area (Å²) in [5.41, 5.74) is 2.16. The zero-order chi connectivity index (χ0) is 26.3. The summed E-state index contributed by atoms with van der Waals surface area (Å²) < 4.78 is 5.63. The highest BCUT2D eigenvalue weighted by molar-refractivity contribution is 8.01. The Bertz CT molecular complexity index is 1290. The van der Waals surface area contributed by atoms with Crippen LogP contribution in [0.3, 0.4) is 0 Å². The van der Waals surface area contributed by atoms with Gasteiger partial charge in [-0.1, -0.05) is 74.8 Å². The van der Waals surface area contributed by atoms with Crippen molar-refractivity contribution in [2.75, 3.05) is 11.4 Å². The molecule has 6 heteroatoms. The molecule has 0 fully saturated rings. The minimum Gasteiger partial charge on any atom is -0.460 e. The van der Waals surface area contributed by atoms with Crippen LogP contribution in [0.15, 0.2) is 60.7 Å². The highest BCUT2D eigenvalue weighted by Gasteiger charge is 2.39. The van der Waals surface area contributed by atoms with Gasteiger partial charge < -0.3 is 9.64 Å². The van der Waals surface area contributed by atoms with Gasteiger partial charge in [-0.25, -0.2) is 0 Å². The number of hydrogen-bond donors (Lipinski definition) is 0. The Morgan fingerprint density at radius 3 is 2.36 bits per heavy atom. The number of carbonyl (C=O) groups is 2. The molecule has 1 aliphatic rings. The van der Waals surface area contributed by atoms with Crippen LogP contribution in [-0.2, 0) is 14.3 Å². The highest BCUT2D eigenvalue weighted by atomic mass is 35.5. The first kappa shape index (κ1) is 26.6. The standard InChI is InChI=1S/C30H34ClNO3S/c1-29(2,3)18-32-24-15-14-20(31)16-23(24)27(22-13-9-11-19-10-7-8-12-21(19)22)36-25(28(32)34)17-26(33)35-30(4,5)6/h7-16,25,27H,17-18H2,1-6H3/t25-,27-/m1/s1. The predicted octanol–water partition coefficient (Wildman–Crippen LogP) is 7.81. The SMILES string of the molecule is CC(C)(C)CN1C(=O)[C@@H](CC(=O)OC(C)(C)C)S[C@H](c2cccc3ccccc23)c2cc(Cl)ccc21. The second-order valence-corrected chi connectivity index (χ2v) is 13.3. The van der Waals surface area contributed by atoms with E-state index in [1.807, 2.05) is 62.1 Å². The average molecular weight is 524 g/mol. The fourth-order valence-electron chi connectivity index (χ4n) is 4.60. The lowest BCUT2D eigenvalue weighted by Gasteiger charge is -2.32. The number of ether oxygens (including phenoxy) is 1. The second-order valence-electron chi connectivity index (χ2n) is 11.6. The first-order valence-corrected chi connectivity index (χ1v) is 13.6. The maximum atomic E-state index is 14.1. The van der Waals surface area contributed by atoms with Gasteiger partial charge in [-0.15, -0.1) is 11.8 Å².